The van der Waals surface area contributed by atoms with Gasteiger partial charge in [-0.2, -0.15) is 0 Å². The molecule has 1 aliphatic rings. The van der Waals surface area contributed by atoms with Crippen LogP contribution in [-0.2, 0) is 0 Å². The van der Waals surface area contributed by atoms with Crippen LogP contribution < -0.4 is 0 Å². The fourth-order valence-corrected chi connectivity index (χ4v) is 3.46. The number of hydrogen-bond donors (Lipinski definition) is 1. The smallest absolute Gasteiger partial charge is 0.138 e. The van der Waals surface area contributed by atoms with Crippen LogP contribution in [0.2, 0.25) is 0 Å². The number of benzene rings is 1. The summed E-state index contributed by atoms with van der Waals surface area (Å²) in [4.78, 5) is 8.19. The number of rotatable bonds is 2. The Bertz CT molecular complexity index is 566. The number of H-pyrrole nitrogens is 1. The van der Waals surface area contributed by atoms with Gasteiger partial charge in [0.05, 0.1) is 0 Å². The molecular weight excluding hydrogens is 232 g/mol. The average molecular weight is 254 g/mol. The van der Waals surface area contributed by atoms with Crippen LogP contribution in [0.4, 0.5) is 0 Å². The summed E-state index contributed by atoms with van der Waals surface area (Å²) >= 11 is 0. The Morgan fingerprint density at radius 1 is 1.05 bits per heavy atom. The van der Waals surface area contributed by atoms with Gasteiger partial charge in [0.2, 0.25) is 0 Å². The van der Waals surface area contributed by atoms with E-state index in [9.17, 15) is 0 Å². The largest absolute Gasteiger partial charge is 0.342 e. The van der Waals surface area contributed by atoms with E-state index in [0.717, 1.165) is 5.82 Å². The second-order valence-electron chi connectivity index (χ2n) is 5.94. The molecule has 0 radical (unpaired) electrons. The minimum Gasteiger partial charge on any atom is -0.342 e. The van der Waals surface area contributed by atoms with Crippen molar-refractivity contribution in [1.82, 2.24) is 9.97 Å². The molecule has 2 nitrogen and oxygen atoms in total. The van der Waals surface area contributed by atoms with Gasteiger partial charge in [-0.05, 0) is 44.7 Å². The van der Waals surface area contributed by atoms with Crippen molar-refractivity contribution in [3.8, 4) is 11.4 Å². The number of nitrogens with zero attached hydrogens (tertiary/aromatic N) is 1. The third kappa shape index (κ3) is 2.32. The van der Waals surface area contributed by atoms with Gasteiger partial charge in [0.15, 0.2) is 0 Å². The van der Waals surface area contributed by atoms with E-state index in [1.165, 1.54) is 53.6 Å². The summed E-state index contributed by atoms with van der Waals surface area (Å²) in [6.45, 7) is 6.50. The van der Waals surface area contributed by atoms with Crippen molar-refractivity contribution in [2.45, 2.75) is 52.4 Å². The second kappa shape index (κ2) is 4.84. The van der Waals surface area contributed by atoms with Crippen LogP contribution in [-0.4, -0.2) is 9.97 Å². The summed E-state index contributed by atoms with van der Waals surface area (Å²) in [6.07, 6.45) is 7.40. The summed E-state index contributed by atoms with van der Waals surface area (Å²) < 4.78 is 0. The molecule has 2 heteroatoms. The number of imidazole rings is 1. The lowest BCUT2D eigenvalue weighted by Gasteiger charge is -2.09. The molecule has 0 saturated heterocycles. The van der Waals surface area contributed by atoms with Crippen molar-refractivity contribution in [2.75, 3.05) is 0 Å². The average Bonchev–Trinajstić information content (AvgIpc) is 2.97. The number of aromatic amines is 1. The zero-order valence-electron chi connectivity index (χ0n) is 12.1. The van der Waals surface area contributed by atoms with Crippen molar-refractivity contribution >= 4 is 0 Å². The topological polar surface area (TPSA) is 28.7 Å². The zero-order valence-corrected chi connectivity index (χ0v) is 12.1. The predicted molar refractivity (Wildman–Crippen MR) is 79.4 cm³/mol. The minimum absolute atomic E-state index is 0.701. The molecule has 3 rings (SSSR count). The normalized spacial score (nSPS) is 16.2. The van der Waals surface area contributed by atoms with Gasteiger partial charge in [-0.25, -0.2) is 4.98 Å². The summed E-state index contributed by atoms with van der Waals surface area (Å²) in [6, 6.07) is 4.47. The first kappa shape index (κ1) is 12.5. The highest BCUT2D eigenvalue weighted by Crippen LogP contribution is 2.34. The van der Waals surface area contributed by atoms with Crippen molar-refractivity contribution in [1.29, 1.82) is 0 Å². The Hall–Kier alpha value is -1.57. The monoisotopic (exact) mass is 254 g/mol. The molecule has 1 heterocycles. The first-order valence-electron chi connectivity index (χ1n) is 7.28. The van der Waals surface area contributed by atoms with E-state index in [2.05, 4.69) is 42.9 Å². The first-order valence-corrected chi connectivity index (χ1v) is 7.28. The molecule has 0 spiro atoms. The molecule has 0 atom stereocenters. The van der Waals surface area contributed by atoms with Crippen LogP contribution in [0.15, 0.2) is 18.3 Å². The second-order valence-corrected chi connectivity index (χ2v) is 5.94. The highest BCUT2D eigenvalue weighted by atomic mass is 14.9. The van der Waals surface area contributed by atoms with E-state index in [0.29, 0.717) is 5.92 Å². The third-order valence-corrected chi connectivity index (χ3v) is 4.30. The first-order chi connectivity index (χ1) is 9.15. The Morgan fingerprint density at radius 3 is 2.32 bits per heavy atom. The lowest BCUT2D eigenvalue weighted by atomic mass is 9.99. The molecule has 0 unspecified atom stereocenters. The Morgan fingerprint density at radius 2 is 1.68 bits per heavy atom. The lowest BCUT2D eigenvalue weighted by molar-refractivity contribution is 0.703. The van der Waals surface area contributed by atoms with Crippen LogP contribution >= 0.6 is 0 Å². The van der Waals surface area contributed by atoms with Gasteiger partial charge in [0.25, 0.3) is 0 Å². The molecule has 1 aliphatic carbocycles. The number of aromatic nitrogens is 2. The van der Waals surface area contributed by atoms with E-state index in [4.69, 9.17) is 0 Å². The van der Waals surface area contributed by atoms with Crippen LogP contribution in [0.25, 0.3) is 11.4 Å². The fraction of sp³-hybridized carbons (Fsp3) is 0.471. The van der Waals surface area contributed by atoms with Gasteiger partial charge in [-0.15, -0.1) is 0 Å². The minimum atomic E-state index is 0.701. The molecular formula is C17H22N2. The number of nitrogens with one attached hydrogen (secondary N) is 1. The van der Waals surface area contributed by atoms with Crippen LogP contribution in [0.5, 0.6) is 0 Å². The van der Waals surface area contributed by atoms with E-state index in [-0.39, 0.29) is 0 Å². The van der Waals surface area contributed by atoms with Gasteiger partial charge in [0.1, 0.15) is 5.82 Å². The maximum Gasteiger partial charge on any atom is 0.138 e. The summed E-state index contributed by atoms with van der Waals surface area (Å²) in [5.74, 6) is 1.74. The van der Waals surface area contributed by atoms with Gasteiger partial charge in [0, 0.05) is 23.4 Å². The van der Waals surface area contributed by atoms with Crippen LogP contribution in [0.3, 0.4) is 0 Å². The zero-order chi connectivity index (χ0) is 13.4. The predicted octanol–water partition coefficient (Wildman–Crippen LogP) is 4.66. The van der Waals surface area contributed by atoms with E-state index >= 15 is 0 Å². The van der Waals surface area contributed by atoms with Gasteiger partial charge in [-0.1, -0.05) is 30.5 Å². The van der Waals surface area contributed by atoms with Crippen LogP contribution in [0.1, 0.15) is 54.0 Å². The fourth-order valence-electron chi connectivity index (χ4n) is 3.46. The highest BCUT2D eigenvalue weighted by molar-refractivity contribution is 5.65. The lowest BCUT2D eigenvalue weighted by Crippen LogP contribution is -1.94. The highest BCUT2D eigenvalue weighted by Gasteiger charge is 2.20. The summed E-state index contributed by atoms with van der Waals surface area (Å²) in [5, 5.41) is 0. The van der Waals surface area contributed by atoms with Crippen molar-refractivity contribution in [3.05, 3.63) is 40.7 Å². The van der Waals surface area contributed by atoms with Crippen molar-refractivity contribution < 1.29 is 0 Å². The molecule has 1 fully saturated rings. The number of aryl methyl sites for hydroxylation is 3. The Kier molecular flexibility index (Phi) is 3.17. The standard InChI is InChI=1S/C17H22N2/c1-11-8-12(2)16(13(3)9-11)17-18-10-15(19-17)14-6-4-5-7-14/h8-10,14H,4-7H2,1-3H3,(H,18,19). The van der Waals surface area contributed by atoms with Gasteiger partial charge in [-0.3, -0.25) is 0 Å². The van der Waals surface area contributed by atoms with Gasteiger partial charge >= 0.3 is 0 Å². The third-order valence-electron chi connectivity index (χ3n) is 4.30. The summed E-state index contributed by atoms with van der Waals surface area (Å²) in [5.41, 5.74) is 6.54. The molecule has 2 aromatic rings. The molecule has 1 aromatic heterocycles. The number of hydrogen-bond acceptors (Lipinski definition) is 1. The molecule has 100 valence electrons. The molecule has 0 aliphatic heterocycles. The van der Waals surface area contributed by atoms with E-state index in [1.807, 2.05) is 6.20 Å². The van der Waals surface area contributed by atoms with E-state index < -0.39 is 0 Å². The summed E-state index contributed by atoms with van der Waals surface area (Å²) in [7, 11) is 0. The molecule has 19 heavy (non-hydrogen) atoms. The SMILES string of the molecule is Cc1cc(C)c(-c2ncc(C3CCCC3)[nH]2)c(C)c1. The molecule has 1 N–H and O–H groups in total. The van der Waals surface area contributed by atoms with Crippen LogP contribution in [0, 0.1) is 20.8 Å². The molecule has 0 amide bonds. The van der Waals surface area contributed by atoms with Crippen molar-refractivity contribution in [3.63, 3.8) is 0 Å². The Labute approximate surface area is 115 Å². The molecule has 1 aromatic carbocycles. The molecule has 1 saturated carbocycles. The maximum atomic E-state index is 4.63. The van der Waals surface area contributed by atoms with Crippen molar-refractivity contribution in [2.24, 2.45) is 0 Å². The van der Waals surface area contributed by atoms with E-state index in [1.54, 1.807) is 0 Å². The molecule has 0 bridgehead atoms. The van der Waals surface area contributed by atoms with Gasteiger partial charge < -0.3 is 4.98 Å². The quantitative estimate of drug-likeness (QED) is 0.829. The maximum absolute atomic E-state index is 4.63. The Balaban J connectivity index is 1.98.